The van der Waals surface area contributed by atoms with E-state index in [-0.39, 0.29) is 5.78 Å². The van der Waals surface area contributed by atoms with E-state index in [4.69, 9.17) is 21.1 Å². The molecule has 0 bridgehead atoms. The average Bonchev–Trinajstić information content (AvgIpc) is 2.48. The Balaban J connectivity index is 2.55. The fourth-order valence-electron chi connectivity index (χ4n) is 1.99. The molecule has 0 N–H and O–H groups in total. The van der Waals surface area contributed by atoms with Gasteiger partial charge in [-0.05, 0) is 25.1 Å². The Labute approximate surface area is 137 Å². The Morgan fingerprint density at radius 2 is 1.67 bits per heavy atom. The number of carbonyl (C=O) groups is 1. The Bertz CT molecular complexity index is 698. The molecule has 0 fully saturated rings. The number of methoxy groups -OCH3 is 2. The maximum atomic E-state index is 12.7. The van der Waals surface area contributed by atoms with Gasteiger partial charge < -0.3 is 9.47 Å². The van der Waals surface area contributed by atoms with Crippen LogP contribution >= 0.6 is 27.5 Å². The first-order chi connectivity index (χ1) is 9.97. The number of ether oxygens (including phenoxy) is 2. The summed E-state index contributed by atoms with van der Waals surface area (Å²) in [4.78, 5) is 12.7. The third kappa shape index (κ3) is 3.22. The Hall–Kier alpha value is -1.52. The molecule has 0 unspecified atom stereocenters. The van der Waals surface area contributed by atoms with E-state index in [0.717, 1.165) is 10.0 Å². The van der Waals surface area contributed by atoms with E-state index in [1.165, 1.54) is 14.2 Å². The van der Waals surface area contributed by atoms with Crippen molar-refractivity contribution in [1.29, 1.82) is 0 Å². The van der Waals surface area contributed by atoms with Crippen molar-refractivity contribution >= 4 is 33.3 Å². The largest absolute Gasteiger partial charge is 0.493 e. The van der Waals surface area contributed by atoms with E-state index in [9.17, 15) is 4.79 Å². The van der Waals surface area contributed by atoms with Crippen LogP contribution < -0.4 is 9.47 Å². The molecule has 0 heterocycles. The van der Waals surface area contributed by atoms with Crippen molar-refractivity contribution < 1.29 is 14.3 Å². The van der Waals surface area contributed by atoms with Crippen molar-refractivity contribution in [2.24, 2.45) is 0 Å². The van der Waals surface area contributed by atoms with Crippen molar-refractivity contribution in [1.82, 2.24) is 0 Å². The minimum atomic E-state index is -0.170. The number of ketones is 1. The Kier molecular flexibility index (Phi) is 4.91. The number of aryl methyl sites for hydroxylation is 1. The lowest BCUT2D eigenvalue weighted by atomic mass is 10.0. The predicted octanol–water partition coefficient (Wildman–Crippen LogP) is 4.66. The number of rotatable bonds is 4. The summed E-state index contributed by atoms with van der Waals surface area (Å²) in [5.41, 5.74) is 1.93. The van der Waals surface area contributed by atoms with Crippen LogP contribution in [0.3, 0.4) is 0 Å². The molecule has 0 aliphatic carbocycles. The number of halogens is 2. The van der Waals surface area contributed by atoms with Gasteiger partial charge in [-0.2, -0.15) is 0 Å². The van der Waals surface area contributed by atoms with Gasteiger partial charge in [0.15, 0.2) is 17.3 Å². The predicted molar refractivity (Wildman–Crippen MR) is 86.9 cm³/mol. The first-order valence-corrected chi connectivity index (χ1v) is 7.37. The summed E-state index contributed by atoms with van der Waals surface area (Å²) in [5, 5.41) is 0.325. The minimum Gasteiger partial charge on any atom is -0.493 e. The third-order valence-electron chi connectivity index (χ3n) is 3.08. The molecule has 0 aliphatic rings. The minimum absolute atomic E-state index is 0.170. The lowest BCUT2D eigenvalue weighted by Crippen LogP contribution is -2.05. The normalized spacial score (nSPS) is 10.3. The first-order valence-electron chi connectivity index (χ1n) is 6.20. The van der Waals surface area contributed by atoms with Gasteiger partial charge in [0.2, 0.25) is 0 Å². The highest BCUT2D eigenvalue weighted by atomic mass is 79.9. The second-order valence-corrected chi connectivity index (χ2v) is 5.76. The highest BCUT2D eigenvalue weighted by Crippen LogP contribution is 2.35. The van der Waals surface area contributed by atoms with Gasteiger partial charge in [-0.1, -0.05) is 39.2 Å². The summed E-state index contributed by atoms with van der Waals surface area (Å²) >= 11 is 9.60. The van der Waals surface area contributed by atoms with Crippen LogP contribution in [0.25, 0.3) is 0 Å². The van der Waals surface area contributed by atoms with Gasteiger partial charge in [0, 0.05) is 21.7 Å². The monoisotopic (exact) mass is 368 g/mol. The first kappa shape index (κ1) is 15.9. The summed E-state index contributed by atoms with van der Waals surface area (Å²) in [6.07, 6.45) is 0. The molecule has 0 spiro atoms. The second-order valence-electron chi connectivity index (χ2n) is 4.50. The van der Waals surface area contributed by atoms with Gasteiger partial charge in [-0.25, -0.2) is 0 Å². The highest BCUT2D eigenvalue weighted by molar-refractivity contribution is 9.10. The van der Waals surface area contributed by atoms with Gasteiger partial charge in [0.05, 0.1) is 19.2 Å². The Morgan fingerprint density at radius 1 is 1.05 bits per heavy atom. The van der Waals surface area contributed by atoms with Crippen LogP contribution in [0.4, 0.5) is 0 Å². The van der Waals surface area contributed by atoms with Crippen LogP contribution in [0, 0.1) is 6.92 Å². The molecule has 0 aromatic heterocycles. The molecule has 0 saturated carbocycles. The maximum absolute atomic E-state index is 12.7. The molecular formula is C16H14BrClO3. The van der Waals surface area contributed by atoms with E-state index >= 15 is 0 Å². The van der Waals surface area contributed by atoms with Gasteiger partial charge in [-0.15, -0.1) is 0 Å². The van der Waals surface area contributed by atoms with Gasteiger partial charge in [0.25, 0.3) is 0 Å². The van der Waals surface area contributed by atoms with Crippen LogP contribution in [0.5, 0.6) is 11.5 Å². The summed E-state index contributed by atoms with van der Waals surface area (Å²) < 4.78 is 11.1. The Morgan fingerprint density at radius 3 is 2.29 bits per heavy atom. The fraction of sp³-hybridized carbons (Fsp3) is 0.188. The second kappa shape index (κ2) is 6.50. The molecule has 110 valence electrons. The van der Waals surface area contributed by atoms with E-state index < -0.39 is 0 Å². The van der Waals surface area contributed by atoms with Crippen molar-refractivity contribution in [2.45, 2.75) is 6.92 Å². The van der Waals surface area contributed by atoms with Gasteiger partial charge in [-0.3, -0.25) is 4.79 Å². The number of carbonyl (C=O) groups excluding carboxylic acids is 1. The smallest absolute Gasteiger partial charge is 0.195 e. The standard InChI is InChI=1S/C16H14BrClO3/c1-9-4-5-12(17)10(6-9)16(19)11-7-14(20-2)15(21-3)8-13(11)18/h4-8H,1-3H3. The molecule has 2 aromatic carbocycles. The maximum Gasteiger partial charge on any atom is 0.195 e. The summed E-state index contributed by atoms with van der Waals surface area (Å²) in [5.74, 6) is 0.785. The number of hydrogen-bond donors (Lipinski definition) is 0. The lowest BCUT2D eigenvalue weighted by molar-refractivity contribution is 0.103. The van der Waals surface area contributed by atoms with Crippen molar-refractivity contribution in [3.63, 3.8) is 0 Å². The molecule has 2 aromatic rings. The van der Waals surface area contributed by atoms with Crippen molar-refractivity contribution in [3.05, 3.63) is 56.5 Å². The van der Waals surface area contributed by atoms with Gasteiger partial charge >= 0.3 is 0 Å². The van der Waals surface area contributed by atoms with Crippen LogP contribution in [0.2, 0.25) is 5.02 Å². The van der Waals surface area contributed by atoms with Crippen molar-refractivity contribution in [3.8, 4) is 11.5 Å². The number of hydrogen-bond acceptors (Lipinski definition) is 3. The molecule has 2 rings (SSSR count). The molecule has 0 aliphatic heterocycles. The van der Waals surface area contributed by atoms with E-state index in [1.807, 2.05) is 25.1 Å². The van der Waals surface area contributed by atoms with Crippen molar-refractivity contribution in [2.75, 3.05) is 14.2 Å². The highest BCUT2D eigenvalue weighted by Gasteiger charge is 2.19. The third-order valence-corrected chi connectivity index (χ3v) is 4.09. The molecule has 0 amide bonds. The van der Waals surface area contributed by atoms with Crippen LogP contribution in [-0.2, 0) is 0 Å². The SMILES string of the molecule is COc1cc(Cl)c(C(=O)c2cc(C)ccc2Br)cc1OC. The topological polar surface area (TPSA) is 35.5 Å². The zero-order valence-corrected chi connectivity index (χ0v) is 14.2. The van der Waals surface area contributed by atoms with E-state index in [0.29, 0.717) is 27.6 Å². The van der Waals surface area contributed by atoms with Crippen LogP contribution in [-0.4, -0.2) is 20.0 Å². The zero-order valence-electron chi connectivity index (χ0n) is 11.9. The molecule has 5 heteroatoms. The van der Waals surface area contributed by atoms with E-state index in [1.54, 1.807) is 12.1 Å². The quantitative estimate of drug-likeness (QED) is 0.735. The summed E-state index contributed by atoms with van der Waals surface area (Å²) in [7, 11) is 3.04. The average molecular weight is 370 g/mol. The molecule has 3 nitrogen and oxygen atoms in total. The van der Waals surface area contributed by atoms with E-state index in [2.05, 4.69) is 15.9 Å². The molecule has 0 atom stereocenters. The molecular weight excluding hydrogens is 356 g/mol. The van der Waals surface area contributed by atoms with Crippen LogP contribution in [0.15, 0.2) is 34.8 Å². The van der Waals surface area contributed by atoms with Crippen LogP contribution in [0.1, 0.15) is 21.5 Å². The number of benzene rings is 2. The molecule has 0 saturated heterocycles. The summed E-state index contributed by atoms with van der Waals surface area (Å²) in [6, 6.07) is 8.77. The molecule has 21 heavy (non-hydrogen) atoms. The lowest BCUT2D eigenvalue weighted by Gasteiger charge is -2.12. The zero-order chi connectivity index (χ0) is 15.6. The molecule has 0 radical (unpaired) electrons. The fourth-order valence-corrected chi connectivity index (χ4v) is 2.65. The van der Waals surface area contributed by atoms with Gasteiger partial charge in [0.1, 0.15) is 0 Å². The summed E-state index contributed by atoms with van der Waals surface area (Å²) in [6.45, 7) is 1.93.